The first-order chi connectivity index (χ1) is 15.6. The summed E-state index contributed by atoms with van der Waals surface area (Å²) in [5, 5.41) is 2.81. The Balaban J connectivity index is 1.53. The Morgan fingerprint density at radius 1 is 1.19 bits per heavy atom. The molecule has 0 aliphatic carbocycles. The smallest absolute Gasteiger partial charge is 0.240 e. The quantitative estimate of drug-likeness (QED) is 0.687. The number of anilines is 1. The zero-order chi connectivity index (χ0) is 22.5. The van der Waals surface area contributed by atoms with Crippen molar-refractivity contribution in [1.29, 1.82) is 0 Å². The zero-order valence-corrected chi connectivity index (χ0v) is 19.2. The molecule has 0 spiro atoms. The molecule has 1 saturated heterocycles. The van der Waals surface area contributed by atoms with Gasteiger partial charge < -0.3 is 24.4 Å². The van der Waals surface area contributed by atoms with Gasteiger partial charge in [0.15, 0.2) is 11.5 Å². The number of hydrogen-bond donors (Lipinski definition) is 1. The van der Waals surface area contributed by atoms with Crippen LogP contribution in [0.5, 0.6) is 11.5 Å². The number of nitrogens with zero attached hydrogens (tertiary/aromatic N) is 1. The molecule has 0 unspecified atom stereocenters. The first kappa shape index (κ1) is 22.5. The van der Waals surface area contributed by atoms with Crippen molar-refractivity contribution in [3.63, 3.8) is 0 Å². The molecule has 7 nitrogen and oxygen atoms in total. The number of nitrogens with one attached hydrogen (secondary N) is 1. The van der Waals surface area contributed by atoms with E-state index in [0.29, 0.717) is 18.0 Å². The van der Waals surface area contributed by atoms with Gasteiger partial charge in [0.25, 0.3) is 0 Å². The number of amides is 2. The van der Waals surface area contributed by atoms with Gasteiger partial charge in [-0.1, -0.05) is 18.2 Å². The van der Waals surface area contributed by atoms with Crippen molar-refractivity contribution < 1.29 is 23.8 Å². The lowest BCUT2D eigenvalue weighted by Crippen LogP contribution is -2.42. The predicted octanol–water partition coefficient (Wildman–Crippen LogP) is 3.57. The van der Waals surface area contributed by atoms with Gasteiger partial charge in [-0.3, -0.25) is 9.59 Å². The second-order valence-corrected chi connectivity index (χ2v) is 9.06. The molecule has 2 amide bonds. The topological polar surface area (TPSA) is 77.1 Å². The van der Waals surface area contributed by atoms with Gasteiger partial charge in [-0.25, -0.2) is 0 Å². The summed E-state index contributed by atoms with van der Waals surface area (Å²) in [6.07, 6.45) is 2.31. The average molecular weight is 457 g/mol. The number of rotatable bonds is 7. The van der Waals surface area contributed by atoms with Crippen LogP contribution in [0, 0.1) is 0 Å². The third-order valence-corrected chi connectivity index (χ3v) is 7.04. The molecular formula is C24H28N2O5S. The van der Waals surface area contributed by atoms with Crippen LogP contribution in [0.15, 0.2) is 47.4 Å². The molecule has 4 rings (SSSR count). The number of ether oxygens (including phenoxy) is 3. The second kappa shape index (κ2) is 10.3. The number of fused-ring (bicyclic) bond motifs is 1. The summed E-state index contributed by atoms with van der Waals surface area (Å²) in [5.41, 5.74) is 1.73. The van der Waals surface area contributed by atoms with Crippen molar-refractivity contribution in [1.82, 2.24) is 5.32 Å². The van der Waals surface area contributed by atoms with Crippen LogP contribution >= 0.6 is 11.8 Å². The fourth-order valence-electron chi connectivity index (χ4n) is 4.02. The predicted molar refractivity (Wildman–Crippen MR) is 124 cm³/mol. The molecule has 8 heteroatoms. The summed E-state index contributed by atoms with van der Waals surface area (Å²) >= 11 is 1.62. The maximum absolute atomic E-state index is 13.3. The minimum atomic E-state index is -0.182. The van der Waals surface area contributed by atoms with Crippen LogP contribution in [-0.4, -0.2) is 51.8 Å². The molecule has 2 aliphatic heterocycles. The fraction of sp³-hybridized carbons (Fsp3) is 0.417. The molecule has 32 heavy (non-hydrogen) atoms. The molecule has 1 fully saturated rings. The van der Waals surface area contributed by atoms with Crippen molar-refractivity contribution in [2.45, 2.75) is 35.5 Å². The minimum Gasteiger partial charge on any atom is -0.493 e. The Morgan fingerprint density at radius 2 is 2.00 bits per heavy atom. The number of thioether (sulfide) groups is 1. The summed E-state index contributed by atoms with van der Waals surface area (Å²) in [6, 6.07) is 13.4. The molecule has 2 heterocycles. The largest absolute Gasteiger partial charge is 0.493 e. The number of para-hydroxylation sites is 1. The fourth-order valence-corrected chi connectivity index (χ4v) is 5.29. The third kappa shape index (κ3) is 5.02. The van der Waals surface area contributed by atoms with Gasteiger partial charge in [0.05, 0.1) is 26.0 Å². The molecule has 1 N–H and O–H groups in total. The SMILES string of the molecule is COc1ccc([C@@H]2CC(=O)N(CC(=O)NC[C@H]3CCCO3)c3ccccc3S2)cc1OC. The standard InChI is InChI=1S/C24H28N2O5S/c1-29-19-10-9-16(12-20(19)30-2)22-13-24(28)26(18-7-3-4-8-21(18)32-22)15-23(27)25-14-17-6-5-11-31-17/h3-4,7-10,12,17,22H,5-6,11,13-15H2,1-2H3,(H,25,27)/t17-,22+/m1/s1. The number of hydrogen-bond acceptors (Lipinski definition) is 6. The van der Waals surface area contributed by atoms with E-state index >= 15 is 0 Å². The Bertz CT molecular complexity index is 977. The van der Waals surface area contributed by atoms with Crippen molar-refractivity contribution >= 4 is 29.3 Å². The van der Waals surface area contributed by atoms with E-state index in [1.165, 1.54) is 0 Å². The zero-order valence-electron chi connectivity index (χ0n) is 18.3. The van der Waals surface area contributed by atoms with Crippen LogP contribution in [0.3, 0.4) is 0 Å². The number of carbonyl (C=O) groups excluding carboxylic acids is 2. The van der Waals surface area contributed by atoms with Gasteiger partial charge in [-0.15, -0.1) is 11.8 Å². The molecule has 0 aromatic heterocycles. The molecule has 2 aromatic rings. The normalized spacial score (nSPS) is 20.4. The molecule has 0 radical (unpaired) electrons. The van der Waals surface area contributed by atoms with Crippen LogP contribution in [0.1, 0.15) is 30.1 Å². The van der Waals surface area contributed by atoms with E-state index in [1.807, 2.05) is 42.5 Å². The summed E-state index contributed by atoms with van der Waals surface area (Å²) < 4.78 is 16.4. The van der Waals surface area contributed by atoms with Crippen LogP contribution < -0.4 is 19.7 Å². The van der Waals surface area contributed by atoms with Gasteiger partial charge in [0.2, 0.25) is 11.8 Å². The molecule has 2 aromatic carbocycles. The Hall–Kier alpha value is -2.71. The highest BCUT2D eigenvalue weighted by molar-refractivity contribution is 7.99. The number of methoxy groups -OCH3 is 2. The first-order valence-corrected chi connectivity index (χ1v) is 11.6. The lowest BCUT2D eigenvalue weighted by atomic mass is 10.1. The monoisotopic (exact) mass is 456 g/mol. The second-order valence-electron chi connectivity index (χ2n) is 7.81. The van der Waals surface area contributed by atoms with Gasteiger partial charge in [-0.05, 0) is 42.7 Å². The molecule has 2 aliphatic rings. The lowest BCUT2D eigenvalue weighted by Gasteiger charge is -2.22. The first-order valence-electron chi connectivity index (χ1n) is 10.8. The van der Waals surface area contributed by atoms with E-state index in [-0.39, 0.29) is 36.1 Å². The molecule has 0 bridgehead atoms. The summed E-state index contributed by atoms with van der Waals surface area (Å²) in [6.45, 7) is 1.21. The van der Waals surface area contributed by atoms with Crippen LogP contribution in [0.2, 0.25) is 0 Å². The summed E-state index contributed by atoms with van der Waals surface area (Å²) in [5.74, 6) is 1.000. The van der Waals surface area contributed by atoms with Gasteiger partial charge in [0, 0.05) is 29.7 Å². The van der Waals surface area contributed by atoms with Crippen LogP contribution in [-0.2, 0) is 14.3 Å². The number of benzene rings is 2. The van der Waals surface area contributed by atoms with Crippen molar-refractivity contribution in [2.24, 2.45) is 0 Å². The molecular weight excluding hydrogens is 428 g/mol. The maximum Gasteiger partial charge on any atom is 0.240 e. The van der Waals surface area contributed by atoms with Crippen molar-refractivity contribution in [3.8, 4) is 11.5 Å². The minimum absolute atomic E-state index is 0.0121. The van der Waals surface area contributed by atoms with Gasteiger partial charge in [0.1, 0.15) is 6.54 Å². The van der Waals surface area contributed by atoms with Crippen LogP contribution in [0.25, 0.3) is 0 Å². The third-order valence-electron chi connectivity index (χ3n) is 5.72. The van der Waals surface area contributed by atoms with E-state index in [9.17, 15) is 9.59 Å². The van der Waals surface area contributed by atoms with E-state index in [1.54, 1.807) is 30.9 Å². The highest BCUT2D eigenvalue weighted by Crippen LogP contribution is 2.46. The number of carbonyl (C=O) groups is 2. The van der Waals surface area contributed by atoms with Gasteiger partial charge >= 0.3 is 0 Å². The van der Waals surface area contributed by atoms with Crippen molar-refractivity contribution in [3.05, 3.63) is 48.0 Å². The Kier molecular flexibility index (Phi) is 7.22. The van der Waals surface area contributed by atoms with Crippen molar-refractivity contribution in [2.75, 3.05) is 38.8 Å². The lowest BCUT2D eigenvalue weighted by molar-refractivity contribution is -0.124. The molecule has 2 atom stereocenters. The van der Waals surface area contributed by atoms with E-state index in [2.05, 4.69) is 5.32 Å². The van der Waals surface area contributed by atoms with E-state index in [0.717, 1.165) is 35.6 Å². The van der Waals surface area contributed by atoms with Gasteiger partial charge in [-0.2, -0.15) is 0 Å². The molecule has 170 valence electrons. The average Bonchev–Trinajstić information content (AvgIpc) is 3.30. The highest BCUT2D eigenvalue weighted by atomic mass is 32.2. The Morgan fingerprint density at radius 3 is 2.75 bits per heavy atom. The van der Waals surface area contributed by atoms with E-state index < -0.39 is 0 Å². The maximum atomic E-state index is 13.3. The summed E-state index contributed by atoms with van der Waals surface area (Å²) in [7, 11) is 3.19. The van der Waals surface area contributed by atoms with E-state index in [4.69, 9.17) is 14.2 Å². The Labute approximate surface area is 192 Å². The van der Waals surface area contributed by atoms with Crippen LogP contribution in [0.4, 0.5) is 5.69 Å². The summed E-state index contributed by atoms with van der Waals surface area (Å²) in [4.78, 5) is 28.5. The molecule has 0 saturated carbocycles. The highest BCUT2D eigenvalue weighted by Gasteiger charge is 2.31.